The molecule has 29 heavy (non-hydrogen) atoms. The molecule has 0 radical (unpaired) electrons. The Morgan fingerprint density at radius 1 is 0.690 bits per heavy atom. The van der Waals surface area contributed by atoms with Gasteiger partial charge < -0.3 is 0 Å². The third-order valence-corrected chi connectivity index (χ3v) is 6.04. The molecule has 0 bridgehead atoms. The van der Waals surface area contributed by atoms with Gasteiger partial charge in [0.2, 0.25) is 0 Å². The smallest absolute Gasteiger partial charge is 0.234 e. The molecule has 0 aliphatic carbocycles. The van der Waals surface area contributed by atoms with Gasteiger partial charge in [-0.05, 0) is 24.8 Å². The van der Waals surface area contributed by atoms with Gasteiger partial charge in [-0.15, -0.1) is 0 Å². The largest absolute Gasteiger partial charge is 0.256 e. The van der Waals surface area contributed by atoms with Crippen LogP contribution in [0.3, 0.4) is 0 Å². The number of aromatic nitrogens is 2. The van der Waals surface area contributed by atoms with Crippen LogP contribution in [0.2, 0.25) is 0 Å². The summed E-state index contributed by atoms with van der Waals surface area (Å²) in [6.07, 6.45) is 23.7. The van der Waals surface area contributed by atoms with E-state index in [1.807, 2.05) is 0 Å². The highest BCUT2D eigenvalue weighted by molar-refractivity contribution is 5.15. The molecule has 1 aromatic carbocycles. The van der Waals surface area contributed by atoms with E-state index < -0.39 is 0 Å². The summed E-state index contributed by atoms with van der Waals surface area (Å²) in [7, 11) is 0. The fourth-order valence-corrected chi connectivity index (χ4v) is 4.22. The van der Waals surface area contributed by atoms with Gasteiger partial charge in [0.05, 0.1) is 6.54 Å². The van der Waals surface area contributed by atoms with Crippen LogP contribution >= 0.6 is 0 Å². The predicted octanol–water partition coefficient (Wildman–Crippen LogP) is 7.48. The van der Waals surface area contributed by atoms with E-state index in [9.17, 15) is 0 Å². The summed E-state index contributed by atoms with van der Waals surface area (Å²) in [5.41, 5.74) is 1.40. The Morgan fingerprint density at radius 3 is 1.93 bits per heavy atom. The number of unbranched alkanes of at least 4 members (excludes halogenated alkanes) is 11. The van der Waals surface area contributed by atoms with Gasteiger partial charge in [0.25, 0.3) is 5.82 Å². The summed E-state index contributed by atoms with van der Waals surface area (Å²) in [6, 6.07) is 10.9. The topological polar surface area (TPSA) is 8.81 Å². The van der Waals surface area contributed by atoms with Crippen molar-refractivity contribution in [3.8, 4) is 0 Å². The van der Waals surface area contributed by atoms with E-state index in [-0.39, 0.29) is 0 Å². The van der Waals surface area contributed by atoms with Crippen LogP contribution in [0.1, 0.15) is 109 Å². The lowest BCUT2D eigenvalue weighted by Gasteiger charge is -2.06. The molecule has 0 amide bonds. The maximum Gasteiger partial charge on any atom is 0.256 e. The number of hydrogen-bond acceptors (Lipinski definition) is 0. The first kappa shape index (κ1) is 23.7. The Morgan fingerprint density at radius 2 is 1.28 bits per heavy atom. The van der Waals surface area contributed by atoms with Crippen molar-refractivity contribution < 1.29 is 4.57 Å². The van der Waals surface area contributed by atoms with Gasteiger partial charge in [-0.25, -0.2) is 9.13 Å². The van der Waals surface area contributed by atoms with Crippen LogP contribution in [-0.2, 0) is 19.5 Å². The maximum atomic E-state index is 2.54. The summed E-state index contributed by atoms with van der Waals surface area (Å²) in [4.78, 5) is 0. The molecule has 2 nitrogen and oxygen atoms in total. The molecule has 1 heterocycles. The summed E-state index contributed by atoms with van der Waals surface area (Å²) < 4.78 is 5.02. The lowest BCUT2D eigenvalue weighted by Crippen LogP contribution is -2.37. The van der Waals surface area contributed by atoms with Crippen LogP contribution in [0.4, 0.5) is 0 Å². The normalized spacial score (nSPS) is 11.2. The zero-order valence-corrected chi connectivity index (χ0v) is 19.2. The zero-order valence-electron chi connectivity index (χ0n) is 19.2. The number of aryl methyl sites for hydroxylation is 1. The Labute approximate surface area is 180 Å². The van der Waals surface area contributed by atoms with Crippen LogP contribution in [0.15, 0.2) is 42.7 Å². The predicted molar refractivity (Wildman–Crippen MR) is 125 cm³/mol. The van der Waals surface area contributed by atoms with Gasteiger partial charge in [-0.1, -0.05) is 108 Å². The number of benzene rings is 1. The quantitative estimate of drug-likeness (QED) is 0.193. The van der Waals surface area contributed by atoms with Crippen LogP contribution < -0.4 is 4.57 Å². The van der Waals surface area contributed by atoms with E-state index in [2.05, 4.69) is 65.7 Å². The molecule has 2 aromatic rings. The first-order valence-electron chi connectivity index (χ1n) is 12.5. The van der Waals surface area contributed by atoms with Gasteiger partial charge >= 0.3 is 0 Å². The molecule has 0 spiro atoms. The van der Waals surface area contributed by atoms with E-state index >= 15 is 0 Å². The monoisotopic (exact) mass is 397 g/mol. The van der Waals surface area contributed by atoms with Gasteiger partial charge in [0.1, 0.15) is 18.9 Å². The summed E-state index contributed by atoms with van der Waals surface area (Å²) in [5, 5.41) is 0. The molecule has 1 aromatic heterocycles. The summed E-state index contributed by atoms with van der Waals surface area (Å²) in [5.74, 6) is 1.52. The first-order valence-corrected chi connectivity index (χ1v) is 12.5. The van der Waals surface area contributed by atoms with Crippen molar-refractivity contribution in [2.75, 3.05) is 0 Å². The van der Waals surface area contributed by atoms with Crippen LogP contribution in [-0.4, -0.2) is 4.57 Å². The van der Waals surface area contributed by atoms with Gasteiger partial charge in [-0.3, -0.25) is 0 Å². The number of nitrogens with zero attached hydrogens (tertiary/aromatic N) is 2. The zero-order chi connectivity index (χ0) is 20.6. The van der Waals surface area contributed by atoms with Crippen molar-refractivity contribution in [2.24, 2.45) is 0 Å². The minimum Gasteiger partial charge on any atom is -0.234 e. The van der Waals surface area contributed by atoms with Crippen molar-refractivity contribution in [2.45, 2.75) is 117 Å². The minimum atomic E-state index is 0.995. The average Bonchev–Trinajstić information content (AvgIpc) is 3.12. The lowest BCUT2D eigenvalue weighted by molar-refractivity contribution is -0.704. The van der Waals surface area contributed by atoms with E-state index in [0.29, 0.717) is 0 Å². The molecule has 0 saturated heterocycles. The van der Waals surface area contributed by atoms with Crippen molar-refractivity contribution in [1.29, 1.82) is 0 Å². The van der Waals surface area contributed by atoms with E-state index in [0.717, 1.165) is 6.54 Å². The highest BCUT2D eigenvalue weighted by atomic mass is 15.1. The van der Waals surface area contributed by atoms with Crippen LogP contribution in [0, 0.1) is 0 Å². The molecule has 162 valence electrons. The highest BCUT2D eigenvalue weighted by Crippen LogP contribution is 2.12. The Balaban J connectivity index is 1.80. The fourth-order valence-electron chi connectivity index (χ4n) is 4.22. The second kappa shape index (κ2) is 15.3. The minimum absolute atomic E-state index is 0.995. The van der Waals surface area contributed by atoms with Gasteiger partial charge in [0, 0.05) is 6.42 Å². The Bertz CT molecular complexity index is 629. The molecular weight excluding hydrogens is 352 g/mol. The number of hydrogen-bond donors (Lipinski definition) is 0. The molecule has 0 fully saturated rings. The van der Waals surface area contributed by atoms with Crippen molar-refractivity contribution in [1.82, 2.24) is 4.57 Å². The molecule has 2 heteroatoms. The highest BCUT2D eigenvalue weighted by Gasteiger charge is 2.16. The molecule has 0 saturated carbocycles. The van der Waals surface area contributed by atoms with Gasteiger partial charge in [0.15, 0.2) is 0 Å². The van der Waals surface area contributed by atoms with Crippen LogP contribution in [0.5, 0.6) is 0 Å². The van der Waals surface area contributed by atoms with Crippen LogP contribution in [0.25, 0.3) is 0 Å². The Hall–Kier alpha value is -1.57. The number of rotatable bonds is 17. The molecule has 2 rings (SSSR count). The fraction of sp³-hybridized carbons (Fsp3) is 0.667. The maximum absolute atomic E-state index is 2.54. The second-order valence-electron chi connectivity index (χ2n) is 8.66. The van der Waals surface area contributed by atoms with Crippen molar-refractivity contribution in [3.63, 3.8) is 0 Å². The SMILES string of the molecule is CCCCCCCCCCC[n+]1ccn(Cc2ccccc2)c1CCCCCC. The van der Waals surface area contributed by atoms with Gasteiger partial charge in [-0.2, -0.15) is 0 Å². The number of imidazole rings is 1. The Kier molecular flexibility index (Phi) is 12.5. The summed E-state index contributed by atoms with van der Waals surface area (Å²) in [6.45, 7) is 6.76. The average molecular weight is 398 g/mol. The van der Waals surface area contributed by atoms with Crippen molar-refractivity contribution >= 4 is 0 Å². The molecule has 0 atom stereocenters. The van der Waals surface area contributed by atoms with E-state index in [1.54, 1.807) is 0 Å². The third-order valence-electron chi connectivity index (χ3n) is 6.04. The molecule has 0 aliphatic heterocycles. The van der Waals surface area contributed by atoms with Crippen molar-refractivity contribution in [3.05, 3.63) is 54.1 Å². The van der Waals surface area contributed by atoms with E-state index in [4.69, 9.17) is 0 Å². The lowest BCUT2D eigenvalue weighted by atomic mass is 10.1. The molecule has 0 aliphatic rings. The molecule has 0 unspecified atom stereocenters. The summed E-state index contributed by atoms with van der Waals surface area (Å²) >= 11 is 0. The third kappa shape index (κ3) is 9.65. The first-order chi connectivity index (χ1) is 14.3. The second-order valence-corrected chi connectivity index (χ2v) is 8.66. The standard InChI is InChI=1S/C27H45N2/c1-3-5-7-9-10-11-12-13-18-22-28-23-24-29(25-26-19-15-14-16-20-26)27(28)21-17-8-6-4-2/h14-16,19-20,23-24H,3-13,17-18,21-22,25H2,1-2H3/q+1. The molecule has 0 N–H and O–H groups in total. The molecular formula is C27H45N2+. The van der Waals surface area contributed by atoms with E-state index in [1.165, 1.54) is 108 Å².